The molecule has 2 aliphatic rings. The highest BCUT2D eigenvalue weighted by Gasteiger charge is 2.44. The van der Waals surface area contributed by atoms with Gasteiger partial charge in [-0.3, -0.25) is 14.8 Å². The summed E-state index contributed by atoms with van der Waals surface area (Å²) >= 11 is 0. The molecule has 0 bridgehead atoms. The minimum absolute atomic E-state index is 0.110. The minimum Gasteiger partial charge on any atom is -0.347 e. The first kappa shape index (κ1) is 20.7. The van der Waals surface area contributed by atoms with Crippen LogP contribution in [0.4, 0.5) is 0 Å². The Hall–Kier alpha value is -3.17. The number of hydrogen-bond donors (Lipinski definition) is 0. The lowest BCUT2D eigenvalue weighted by atomic mass is 10.0. The van der Waals surface area contributed by atoms with Crippen LogP contribution in [0.15, 0.2) is 49.2 Å². The number of carbonyl (C=O) groups excluding carboxylic acids is 1. The van der Waals surface area contributed by atoms with E-state index in [1.54, 1.807) is 41.7 Å². The van der Waals surface area contributed by atoms with Crippen molar-refractivity contribution in [1.82, 2.24) is 29.6 Å². The van der Waals surface area contributed by atoms with E-state index in [1.165, 1.54) is 0 Å². The summed E-state index contributed by atoms with van der Waals surface area (Å²) in [6.45, 7) is 3.93. The molecule has 3 aromatic rings. The molecule has 32 heavy (non-hydrogen) atoms. The average Bonchev–Trinajstić information content (AvgIpc) is 3.46. The van der Waals surface area contributed by atoms with Crippen LogP contribution < -0.4 is 0 Å². The Morgan fingerprint density at radius 1 is 1.16 bits per heavy atom. The third kappa shape index (κ3) is 4.01. The van der Waals surface area contributed by atoms with Gasteiger partial charge in [0, 0.05) is 56.3 Å². The first-order valence-corrected chi connectivity index (χ1v) is 11.1. The first-order chi connectivity index (χ1) is 15.7. The molecule has 0 N–H and O–H groups in total. The van der Waals surface area contributed by atoms with Crippen LogP contribution in [-0.4, -0.2) is 67.1 Å². The first-order valence-electron chi connectivity index (χ1n) is 11.1. The number of ether oxygens (including phenoxy) is 2. The third-order valence-electron chi connectivity index (χ3n) is 6.01. The number of aromatic nitrogens is 5. The van der Waals surface area contributed by atoms with E-state index in [1.807, 2.05) is 17.0 Å². The lowest BCUT2D eigenvalue weighted by Gasteiger charge is -2.37. The van der Waals surface area contributed by atoms with E-state index in [0.29, 0.717) is 44.0 Å². The van der Waals surface area contributed by atoms with Gasteiger partial charge in [0.2, 0.25) is 0 Å². The van der Waals surface area contributed by atoms with Gasteiger partial charge in [-0.05, 0) is 24.6 Å². The Morgan fingerprint density at radius 3 is 2.69 bits per heavy atom. The summed E-state index contributed by atoms with van der Waals surface area (Å²) in [6.07, 6.45) is 11.8. The van der Waals surface area contributed by atoms with Crippen molar-refractivity contribution in [3.8, 4) is 17.1 Å². The van der Waals surface area contributed by atoms with E-state index in [2.05, 4.69) is 27.0 Å². The normalized spacial score (nSPS) is 20.0. The molecule has 1 amide bonds. The highest BCUT2D eigenvalue weighted by molar-refractivity contribution is 5.93. The zero-order chi connectivity index (χ0) is 22.0. The fourth-order valence-electron chi connectivity index (χ4n) is 4.34. The number of nitrogens with zero attached hydrogens (tertiary/aromatic N) is 6. The molecular formula is C23H26N6O3. The molecule has 9 nitrogen and oxygen atoms in total. The fraction of sp³-hybridized carbons (Fsp3) is 0.435. The number of pyridine rings is 1. The summed E-state index contributed by atoms with van der Waals surface area (Å²) in [5, 5.41) is 4.60. The Balaban J connectivity index is 1.36. The maximum Gasteiger partial charge on any atom is 0.274 e. The van der Waals surface area contributed by atoms with E-state index in [9.17, 15) is 4.79 Å². The van der Waals surface area contributed by atoms with Gasteiger partial charge < -0.3 is 14.4 Å². The Bertz CT molecular complexity index is 1010. The molecule has 166 valence electrons. The van der Waals surface area contributed by atoms with Crippen LogP contribution in [0.2, 0.25) is 0 Å². The maximum atomic E-state index is 13.3. The van der Waals surface area contributed by atoms with Crippen molar-refractivity contribution in [1.29, 1.82) is 0 Å². The summed E-state index contributed by atoms with van der Waals surface area (Å²) in [5.74, 6) is -0.107. The van der Waals surface area contributed by atoms with E-state index in [-0.39, 0.29) is 12.0 Å². The Morgan fingerprint density at radius 2 is 1.97 bits per heavy atom. The molecule has 0 saturated carbocycles. The van der Waals surface area contributed by atoms with Crippen LogP contribution in [-0.2, 0) is 9.47 Å². The number of carbonyl (C=O) groups is 1. The van der Waals surface area contributed by atoms with Crippen LogP contribution in [0.5, 0.6) is 0 Å². The van der Waals surface area contributed by atoms with E-state index < -0.39 is 5.79 Å². The van der Waals surface area contributed by atoms with Crippen molar-refractivity contribution >= 4 is 5.91 Å². The zero-order valence-corrected chi connectivity index (χ0v) is 18.1. The van der Waals surface area contributed by atoms with E-state index >= 15 is 0 Å². The van der Waals surface area contributed by atoms with Crippen molar-refractivity contribution in [3.05, 3.63) is 54.9 Å². The van der Waals surface area contributed by atoms with E-state index in [0.717, 1.165) is 24.1 Å². The van der Waals surface area contributed by atoms with Crippen molar-refractivity contribution in [3.63, 3.8) is 0 Å². The predicted molar refractivity (Wildman–Crippen MR) is 116 cm³/mol. The second-order valence-corrected chi connectivity index (χ2v) is 8.17. The molecule has 0 aliphatic carbocycles. The molecule has 1 unspecified atom stereocenters. The van der Waals surface area contributed by atoms with Crippen molar-refractivity contribution in [2.45, 2.75) is 44.5 Å². The number of rotatable bonds is 5. The largest absolute Gasteiger partial charge is 0.347 e. The summed E-state index contributed by atoms with van der Waals surface area (Å²) < 4.78 is 13.9. The average molecular weight is 435 g/mol. The number of likely N-dealkylation sites (tertiary alicyclic amines) is 1. The summed E-state index contributed by atoms with van der Waals surface area (Å²) in [6, 6.07) is 5.56. The molecule has 5 rings (SSSR count). The van der Waals surface area contributed by atoms with Gasteiger partial charge in [0.05, 0.1) is 24.6 Å². The SMILES string of the molecule is CCCC1COC2(CCN(C(=O)c3cc(-c4ccncc4)n(-c4cnccn4)n3)CC2)O1. The number of hydrogen-bond acceptors (Lipinski definition) is 7. The van der Waals surface area contributed by atoms with Crippen molar-refractivity contribution in [2.75, 3.05) is 19.7 Å². The molecule has 1 atom stereocenters. The predicted octanol–water partition coefficient (Wildman–Crippen LogP) is 2.87. The van der Waals surface area contributed by atoms with Crippen LogP contribution in [0.1, 0.15) is 43.1 Å². The molecule has 5 heterocycles. The van der Waals surface area contributed by atoms with Crippen LogP contribution in [0, 0.1) is 0 Å². The van der Waals surface area contributed by atoms with E-state index in [4.69, 9.17) is 9.47 Å². The van der Waals surface area contributed by atoms with Crippen LogP contribution >= 0.6 is 0 Å². The molecule has 9 heteroatoms. The van der Waals surface area contributed by atoms with Gasteiger partial charge in [-0.2, -0.15) is 5.10 Å². The van der Waals surface area contributed by atoms with Crippen LogP contribution in [0.25, 0.3) is 17.1 Å². The monoisotopic (exact) mass is 434 g/mol. The van der Waals surface area contributed by atoms with Gasteiger partial charge in [0.15, 0.2) is 17.3 Å². The van der Waals surface area contributed by atoms with Crippen LogP contribution in [0.3, 0.4) is 0 Å². The third-order valence-corrected chi connectivity index (χ3v) is 6.01. The highest BCUT2D eigenvalue weighted by Crippen LogP contribution is 2.35. The number of amides is 1. The topological polar surface area (TPSA) is 95.3 Å². The lowest BCUT2D eigenvalue weighted by Crippen LogP contribution is -2.47. The smallest absolute Gasteiger partial charge is 0.274 e. The molecular weight excluding hydrogens is 408 g/mol. The number of piperidine rings is 1. The second kappa shape index (κ2) is 8.76. The van der Waals surface area contributed by atoms with Gasteiger partial charge in [0.1, 0.15) is 0 Å². The summed E-state index contributed by atoms with van der Waals surface area (Å²) in [7, 11) is 0. The Labute approximate surface area is 186 Å². The Kier molecular flexibility index (Phi) is 5.67. The minimum atomic E-state index is -0.544. The zero-order valence-electron chi connectivity index (χ0n) is 18.1. The quantitative estimate of drug-likeness (QED) is 0.609. The second-order valence-electron chi connectivity index (χ2n) is 8.17. The van der Waals surface area contributed by atoms with Crippen molar-refractivity contribution < 1.29 is 14.3 Å². The molecule has 0 radical (unpaired) electrons. The summed E-state index contributed by atoms with van der Waals surface area (Å²) in [5.41, 5.74) is 2.02. The van der Waals surface area contributed by atoms with Gasteiger partial charge in [-0.15, -0.1) is 0 Å². The lowest BCUT2D eigenvalue weighted by molar-refractivity contribution is -0.192. The molecule has 1 spiro atoms. The summed E-state index contributed by atoms with van der Waals surface area (Å²) in [4.78, 5) is 27.7. The van der Waals surface area contributed by atoms with Gasteiger partial charge in [-0.25, -0.2) is 9.67 Å². The maximum absolute atomic E-state index is 13.3. The fourth-order valence-corrected chi connectivity index (χ4v) is 4.34. The highest BCUT2D eigenvalue weighted by atomic mass is 16.7. The molecule has 2 aliphatic heterocycles. The van der Waals surface area contributed by atoms with Crippen molar-refractivity contribution in [2.24, 2.45) is 0 Å². The van der Waals surface area contributed by atoms with Gasteiger partial charge in [0.25, 0.3) is 5.91 Å². The molecule has 2 fully saturated rings. The molecule has 0 aromatic carbocycles. The molecule has 2 saturated heterocycles. The molecule has 3 aromatic heterocycles. The van der Waals surface area contributed by atoms with Gasteiger partial charge in [-0.1, -0.05) is 13.3 Å². The van der Waals surface area contributed by atoms with Gasteiger partial charge >= 0.3 is 0 Å². The standard InChI is InChI=1S/C23H26N6O3/c1-2-3-18-16-31-23(32-18)6-12-28(13-7-23)22(30)19-14-20(17-4-8-24-9-5-17)29(27-19)21-15-25-10-11-26-21/h4-5,8-11,14-15,18H,2-3,6-7,12-13,16H2,1H3.